The SMILES string of the molecule is CCCC1CCC(Nc2ccc(N)cc2C)CC1. The zero-order valence-electron chi connectivity index (χ0n) is 11.7. The van der Waals surface area contributed by atoms with E-state index in [2.05, 4.69) is 25.2 Å². The molecule has 3 N–H and O–H groups in total. The summed E-state index contributed by atoms with van der Waals surface area (Å²) in [5, 5.41) is 3.68. The van der Waals surface area contributed by atoms with Gasteiger partial charge >= 0.3 is 0 Å². The molecule has 0 aliphatic heterocycles. The molecular formula is C16H26N2. The molecular weight excluding hydrogens is 220 g/mol. The zero-order chi connectivity index (χ0) is 13.0. The Morgan fingerprint density at radius 1 is 1.22 bits per heavy atom. The third-order valence-corrected chi connectivity index (χ3v) is 4.15. The lowest BCUT2D eigenvalue weighted by atomic mass is 9.83. The van der Waals surface area contributed by atoms with E-state index in [0.29, 0.717) is 6.04 Å². The van der Waals surface area contributed by atoms with Crippen LogP contribution in [0.1, 0.15) is 51.0 Å². The highest BCUT2D eigenvalue weighted by Gasteiger charge is 2.20. The summed E-state index contributed by atoms with van der Waals surface area (Å²) in [7, 11) is 0. The molecule has 0 unspecified atom stereocenters. The lowest BCUT2D eigenvalue weighted by molar-refractivity contribution is 0.319. The Bertz CT molecular complexity index is 379. The quantitative estimate of drug-likeness (QED) is 0.775. The van der Waals surface area contributed by atoms with Crippen LogP contribution >= 0.6 is 0 Å². The van der Waals surface area contributed by atoms with E-state index in [1.54, 1.807) is 0 Å². The van der Waals surface area contributed by atoms with Crippen LogP contribution in [-0.4, -0.2) is 6.04 Å². The minimum absolute atomic E-state index is 0.653. The lowest BCUT2D eigenvalue weighted by Gasteiger charge is -2.30. The van der Waals surface area contributed by atoms with E-state index in [4.69, 9.17) is 5.73 Å². The van der Waals surface area contributed by atoms with Crippen LogP contribution in [0.4, 0.5) is 11.4 Å². The normalized spacial score (nSPS) is 23.9. The van der Waals surface area contributed by atoms with Gasteiger partial charge in [-0.2, -0.15) is 0 Å². The molecule has 1 aromatic carbocycles. The number of benzene rings is 1. The Morgan fingerprint density at radius 2 is 1.94 bits per heavy atom. The molecule has 1 fully saturated rings. The molecule has 2 rings (SSSR count). The van der Waals surface area contributed by atoms with Crippen LogP contribution < -0.4 is 11.1 Å². The molecule has 1 saturated carbocycles. The number of nitrogen functional groups attached to an aromatic ring is 1. The van der Waals surface area contributed by atoms with E-state index < -0.39 is 0 Å². The van der Waals surface area contributed by atoms with Crippen LogP contribution in [0.5, 0.6) is 0 Å². The smallest absolute Gasteiger partial charge is 0.0373 e. The van der Waals surface area contributed by atoms with Crippen LogP contribution in [-0.2, 0) is 0 Å². The average Bonchev–Trinajstić information content (AvgIpc) is 2.35. The standard InChI is InChI=1S/C16H26N2/c1-3-4-13-5-8-15(9-6-13)18-16-10-7-14(17)11-12(16)2/h7,10-11,13,15,18H,3-6,8-9,17H2,1-2H3. The van der Waals surface area contributed by atoms with Crippen molar-refractivity contribution in [3.63, 3.8) is 0 Å². The van der Waals surface area contributed by atoms with Crippen LogP contribution in [0.3, 0.4) is 0 Å². The van der Waals surface area contributed by atoms with Crippen molar-refractivity contribution < 1.29 is 0 Å². The van der Waals surface area contributed by atoms with Gasteiger partial charge in [0.15, 0.2) is 0 Å². The summed E-state index contributed by atoms with van der Waals surface area (Å²) in [4.78, 5) is 0. The average molecular weight is 246 g/mol. The first-order chi connectivity index (χ1) is 8.69. The van der Waals surface area contributed by atoms with Crippen LogP contribution in [0.2, 0.25) is 0 Å². The van der Waals surface area contributed by atoms with Crippen molar-refractivity contribution in [3.8, 4) is 0 Å². The Balaban J connectivity index is 1.87. The molecule has 1 aliphatic rings. The maximum atomic E-state index is 5.78. The van der Waals surface area contributed by atoms with Crippen LogP contribution in [0.15, 0.2) is 18.2 Å². The summed E-state index contributed by atoms with van der Waals surface area (Å²) < 4.78 is 0. The number of hydrogen-bond acceptors (Lipinski definition) is 2. The topological polar surface area (TPSA) is 38.0 Å². The number of hydrogen-bond donors (Lipinski definition) is 2. The number of anilines is 2. The van der Waals surface area contributed by atoms with E-state index in [1.807, 2.05) is 12.1 Å². The maximum Gasteiger partial charge on any atom is 0.0373 e. The summed E-state index contributed by atoms with van der Waals surface area (Å²) in [6.07, 6.45) is 8.15. The molecule has 1 aromatic rings. The van der Waals surface area contributed by atoms with Crippen LogP contribution in [0.25, 0.3) is 0 Å². The van der Waals surface area contributed by atoms with Gasteiger partial charge in [-0.3, -0.25) is 0 Å². The summed E-state index contributed by atoms with van der Waals surface area (Å²) in [6.45, 7) is 4.42. The van der Waals surface area contributed by atoms with Gasteiger partial charge in [-0.15, -0.1) is 0 Å². The van der Waals surface area contributed by atoms with Crippen molar-refractivity contribution in [2.75, 3.05) is 11.1 Å². The van der Waals surface area contributed by atoms with Crippen molar-refractivity contribution in [1.29, 1.82) is 0 Å². The van der Waals surface area contributed by atoms with Crippen molar-refractivity contribution in [3.05, 3.63) is 23.8 Å². The van der Waals surface area contributed by atoms with Gasteiger partial charge in [-0.05, 0) is 62.3 Å². The van der Waals surface area contributed by atoms with E-state index in [9.17, 15) is 0 Å². The first-order valence-corrected chi connectivity index (χ1v) is 7.31. The summed E-state index contributed by atoms with van der Waals surface area (Å²) in [6, 6.07) is 6.80. The Kier molecular flexibility index (Phi) is 4.51. The largest absolute Gasteiger partial charge is 0.399 e. The monoisotopic (exact) mass is 246 g/mol. The summed E-state index contributed by atoms with van der Waals surface area (Å²) in [5.41, 5.74) is 9.14. The molecule has 0 radical (unpaired) electrons. The van der Waals surface area contributed by atoms with Crippen molar-refractivity contribution in [2.45, 2.75) is 58.4 Å². The second-order valence-electron chi connectivity index (χ2n) is 5.73. The molecule has 0 bridgehead atoms. The van der Waals surface area contributed by atoms with Crippen molar-refractivity contribution >= 4 is 11.4 Å². The van der Waals surface area contributed by atoms with Gasteiger partial charge in [0.05, 0.1) is 0 Å². The molecule has 100 valence electrons. The van der Waals surface area contributed by atoms with E-state index in [-0.39, 0.29) is 0 Å². The molecule has 2 heteroatoms. The van der Waals surface area contributed by atoms with Gasteiger partial charge in [-0.1, -0.05) is 19.8 Å². The molecule has 1 aliphatic carbocycles. The fraction of sp³-hybridized carbons (Fsp3) is 0.625. The minimum atomic E-state index is 0.653. The van der Waals surface area contributed by atoms with Crippen LogP contribution in [0, 0.1) is 12.8 Å². The molecule has 0 heterocycles. The van der Waals surface area contributed by atoms with Crippen molar-refractivity contribution in [2.24, 2.45) is 5.92 Å². The second kappa shape index (κ2) is 6.12. The molecule has 0 aromatic heterocycles. The number of nitrogens with one attached hydrogen (secondary N) is 1. The van der Waals surface area contributed by atoms with E-state index in [0.717, 1.165) is 11.6 Å². The van der Waals surface area contributed by atoms with Gasteiger partial charge in [0, 0.05) is 17.4 Å². The second-order valence-corrected chi connectivity index (χ2v) is 5.73. The lowest BCUT2D eigenvalue weighted by Crippen LogP contribution is -2.26. The Labute approximate surface area is 111 Å². The highest BCUT2D eigenvalue weighted by atomic mass is 14.9. The third kappa shape index (κ3) is 3.41. The third-order valence-electron chi connectivity index (χ3n) is 4.15. The van der Waals surface area contributed by atoms with Gasteiger partial charge in [0.25, 0.3) is 0 Å². The Hall–Kier alpha value is -1.18. The highest BCUT2D eigenvalue weighted by molar-refractivity contribution is 5.57. The molecule has 0 saturated heterocycles. The predicted molar refractivity (Wildman–Crippen MR) is 79.9 cm³/mol. The zero-order valence-corrected chi connectivity index (χ0v) is 11.7. The maximum absolute atomic E-state index is 5.78. The highest BCUT2D eigenvalue weighted by Crippen LogP contribution is 2.30. The summed E-state index contributed by atoms with van der Waals surface area (Å²) >= 11 is 0. The van der Waals surface area contributed by atoms with Gasteiger partial charge in [0.1, 0.15) is 0 Å². The first-order valence-electron chi connectivity index (χ1n) is 7.31. The molecule has 0 spiro atoms. The minimum Gasteiger partial charge on any atom is -0.399 e. The van der Waals surface area contributed by atoms with Gasteiger partial charge < -0.3 is 11.1 Å². The van der Waals surface area contributed by atoms with Crippen molar-refractivity contribution in [1.82, 2.24) is 0 Å². The van der Waals surface area contributed by atoms with E-state index >= 15 is 0 Å². The molecule has 0 amide bonds. The fourth-order valence-electron chi connectivity index (χ4n) is 3.07. The molecule has 0 atom stereocenters. The molecule has 18 heavy (non-hydrogen) atoms. The first kappa shape index (κ1) is 13.3. The van der Waals surface area contributed by atoms with Gasteiger partial charge in [0.2, 0.25) is 0 Å². The fourth-order valence-corrected chi connectivity index (χ4v) is 3.07. The number of aryl methyl sites for hydroxylation is 1. The van der Waals surface area contributed by atoms with E-state index in [1.165, 1.54) is 49.8 Å². The number of nitrogens with two attached hydrogens (primary N) is 1. The summed E-state index contributed by atoms with van der Waals surface area (Å²) in [5.74, 6) is 0.973. The number of rotatable bonds is 4. The predicted octanol–water partition coefficient (Wildman–Crippen LogP) is 4.35. The Morgan fingerprint density at radius 3 is 2.56 bits per heavy atom. The molecule has 2 nitrogen and oxygen atoms in total. The van der Waals surface area contributed by atoms with Gasteiger partial charge in [-0.25, -0.2) is 0 Å².